The van der Waals surface area contributed by atoms with Crippen molar-refractivity contribution in [3.63, 3.8) is 0 Å². The maximum absolute atomic E-state index is 12.5. The number of carbonyl (C=O) groups is 2. The van der Waals surface area contributed by atoms with Crippen LogP contribution >= 0.6 is 23.1 Å². The van der Waals surface area contributed by atoms with Gasteiger partial charge in [-0.2, -0.15) is 0 Å². The molecular weight excluding hydrogens is 342 g/mol. The highest BCUT2D eigenvalue weighted by Gasteiger charge is 2.19. The zero-order valence-corrected chi connectivity index (χ0v) is 14.7. The summed E-state index contributed by atoms with van der Waals surface area (Å²) in [6.45, 7) is 0. The first-order valence-corrected chi connectivity index (χ1v) is 9.86. The molecule has 1 aromatic carbocycles. The highest BCUT2D eigenvalue weighted by Crippen LogP contribution is 2.32. The lowest BCUT2D eigenvalue weighted by atomic mass is 10.0. The van der Waals surface area contributed by atoms with E-state index in [9.17, 15) is 9.59 Å². The third-order valence-electron chi connectivity index (χ3n) is 4.17. The van der Waals surface area contributed by atoms with Gasteiger partial charge in [0.2, 0.25) is 5.91 Å². The number of nitrogens with zero attached hydrogens (tertiary/aromatic N) is 1. The molecule has 2 aromatic rings. The normalized spacial score (nSPS) is 16.6. The van der Waals surface area contributed by atoms with Gasteiger partial charge in [-0.3, -0.25) is 14.9 Å². The first-order chi connectivity index (χ1) is 11.7. The number of anilines is 2. The van der Waals surface area contributed by atoms with Crippen LogP contribution in [0.5, 0.6) is 0 Å². The van der Waals surface area contributed by atoms with E-state index in [0.29, 0.717) is 22.8 Å². The zero-order chi connectivity index (χ0) is 16.5. The molecule has 0 radical (unpaired) electrons. The molecule has 124 valence electrons. The molecule has 0 fully saturated rings. The van der Waals surface area contributed by atoms with Crippen molar-refractivity contribution in [3.8, 4) is 0 Å². The first-order valence-electron chi connectivity index (χ1n) is 8.06. The second kappa shape index (κ2) is 6.57. The molecule has 0 saturated carbocycles. The molecule has 0 saturated heterocycles. The van der Waals surface area contributed by atoms with Crippen LogP contribution in [-0.4, -0.2) is 22.6 Å². The van der Waals surface area contributed by atoms with Gasteiger partial charge in [-0.25, -0.2) is 4.98 Å². The van der Waals surface area contributed by atoms with Gasteiger partial charge in [0.15, 0.2) is 5.13 Å². The second-order valence-electron chi connectivity index (χ2n) is 5.91. The molecule has 0 spiro atoms. The number of nitrogens with one attached hydrogen (secondary N) is 2. The van der Waals surface area contributed by atoms with Crippen LogP contribution in [-0.2, 0) is 17.6 Å². The number of thioether (sulfide) groups is 1. The number of thiazole rings is 1. The minimum Gasteiger partial charge on any atom is -0.325 e. The Morgan fingerprint density at radius 3 is 2.96 bits per heavy atom. The lowest BCUT2D eigenvalue weighted by molar-refractivity contribution is -0.115. The lowest BCUT2D eigenvalue weighted by Crippen LogP contribution is -2.14. The van der Waals surface area contributed by atoms with Crippen LogP contribution in [0.1, 0.15) is 40.2 Å². The van der Waals surface area contributed by atoms with Crippen molar-refractivity contribution in [2.45, 2.75) is 37.0 Å². The molecule has 24 heavy (non-hydrogen) atoms. The summed E-state index contributed by atoms with van der Waals surface area (Å²) in [6.07, 6.45) is 4.93. The summed E-state index contributed by atoms with van der Waals surface area (Å²) in [7, 11) is 0. The number of hydrogen-bond acceptors (Lipinski definition) is 5. The van der Waals surface area contributed by atoms with E-state index in [1.165, 1.54) is 17.7 Å². The Labute approximate surface area is 148 Å². The Kier molecular flexibility index (Phi) is 4.28. The number of carbonyl (C=O) groups excluding carboxylic acids is 2. The van der Waals surface area contributed by atoms with Crippen molar-refractivity contribution in [3.05, 3.63) is 34.3 Å². The van der Waals surface area contributed by atoms with E-state index in [-0.39, 0.29) is 11.8 Å². The van der Waals surface area contributed by atoms with E-state index in [0.717, 1.165) is 29.2 Å². The van der Waals surface area contributed by atoms with Gasteiger partial charge in [-0.05, 0) is 43.9 Å². The van der Waals surface area contributed by atoms with Crippen LogP contribution in [0.25, 0.3) is 0 Å². The Hall–Kier alpha value is -1.86. The van der Waals surface area contributed by atoms with E-state index in [1.807, 2.05) is 6.07 Å². The molecule has 1 aromatic heterocycles. The summed E-state index contributed by atoms with van der Waals surface area (Å²) in [4.78, 5) is 31.1. The molecule has 1 aliphatic heterocycles. The third kappa shape index (κ3) is 3.18. The van der Waals surface area contributed by atoms with Crippen LogP contribution in [0.15, 0.2) is 23.1 Å². The lowest BCUT2D eigenvalue weighted by Gasteiger charge is -2.08. The monoisotopic (exact) mass is 359 g/mol. The molecule has 2 amide bonds. The van der Waals surface area contributed by atoms with E-state index < -0.39 is 0 Å². The smallest absolute Gasteiger partial charge is 0.257 e. The van der Waals surface area contributed by atoms with Crippen LogP contribution in [0, 0.1) is 0 Å². The highest BCUT2D eigenvalue weighted by atomic mass is 32.2. The van der Waals surface area contributed by atoms with Gasteiger partial charge in [0.05, 0.1) is 11.4 Å². The minimum atomic E-state index is -0.188. The van der Waals surface area contributed by atoms with Crippen molar-refractivity contribution in [1.29, 1.82) is 0 Å². The van der Waals surface area contributed by atoms with Crippen LogP contribution in [0.3, 0.4) is 0 Å². The summed E-state index contributed by atoms with van der Waals surface area (Å²) >= 11 is 3.20. The van der Waals surface area contributed by atoms with Crippen molar-refractivity contribution in [2.75, 3.05) is 16.4 Å². The average Bonchev–Trinajstić information content (AvgIpc) is 2.88. The molecule has 1 aliphatic carbocycles. The third-order valence-corrected chi connectivity index (χ3v) is 6.32. The molecule has 0 bridgehead atoms. The molecule has 2 N–H and O–H groups in total. The predicted octanol–water partition coefficient (Wildman–Crippen LogP) is 3.71. The maximum atomic E-state index is 12.5. The topological polar surface area (TPSA) is 71.1 Å². The quantitative estimate of drug-likeness (QED) is 0.857. The van der Waals surface area contributed by atoms with Crippen molar-refractivity contribution >= 4 is 45.7 Å². The number of hydrogen-bond donors (Lipinski definition) is 2. The molecule has 0 unspecified atom stereocenters. The van der Waals surface area contributed by atoms with E-state index in [1.54, 1.807) is 35.2 Å². The van der Waals surface area contributed by atoms with Gasteiger partial charge in [0.1, 0.15) is 0 Å². The Balaban J connectivity index is 1.54. The number of benzene rings is 1. The average molecular weight is 359 g/mol. The number of aromatic nitrogens is 1. The van der Waals surface area contributed by atoms with E-state index >= 15 is 0 Å². The molecule has 2 aliphatic rings. The summed E-state index contributed by atoms with van der Waals surface area (Å²) < 4.78 is 0. The van der Waals surface area contributed by atoms with Crippen LogP contribution in [0.2, 0.25) is 0 Å². The molecular formula is C17H17N3O2S2. The predicted molar refractivity (Wildman–Crippen MR) is 97.1 cm³/mol. The summed E-state index contributed by atoms with van der Waals surface area (Å²) in [5.74, 6) is 0.563. The first kappa shape index (κ1) is 15.7. The number of rotatable bonds is 2. The van der Waals surface area contributed by atoms with Gasteiger partial charge in [0, 0.05) is 27.5 Å². The highest BCUT2D eigenvalue weighted by molar-refractivity contribution is 7.99. The fraction of sp³-hybridized carbons (Fsp3) is 0.353. The van der Waals surface area contributed by atoms with Gasteiger partial charge < -0.3 is 5.32 Å². The molecule has 0 atom stereocenters. The Morgan fingerprint density at radius 1 is 1.21 bits per heavy atom. The fourth-order valence-corrected chi connectivity index (χ4v) is 4.92. The zero-order valence-electron chi connectivity index (χ0n) is 13.1. The minimum absolute atomic E-state index is 0.00796. The SMILES string of the molecule is O=C1CCSc2ccc(C(=O)Nc3nc4c(s3)CCCC4)cc2N1. The Morgan fingerprint density at radius 2 is 2.08 bits per heavy atom. The van der Waals surface area contributed by atoms with Gasteiger partial charge in [0.25, 0.3) is 5.91 Å². The maximum Gasteiger partial charge on any atom is 0.257 e. The van der Waals surface area contributed by atoms with E-state index in [2.05, 4.69) is 15.6 Å². The standard InChI is InChI=1S/C17H17N3O2S2/c21-15-7-8-23-13-6-5-10(9-12(13)18-15)16(22)20-17-19-11-3-1-2-4-14(11)24-17/h5-6,9H,1-4,7-8H2,(H,18,21)(H,19,20,22). The number of aryl methyl sites for hydroxylation is 2. The number of fused-ring (bicyclic) bond motifs is 2. The molecule has 4 rings (SSSR count). The summed E-state index contributed by atoms with van der Waals surface area (Å²) in [6, 6.07) is 5.44. The Bertz CT molecular complexity index is 793. The molecule has 5 nitrogen and oxygen atoms in total. The van der Waals surface area contributed by atoms with Crippen LogP contribution in [0.4, 0.5) is 10.8 Å². The van der Waals surface area contributed by atoms with Gasteiger partial charge in [-0.15, -0.1) is 23.1 Å². The fourth-order valence-electron chi connectivity index (χ4n) is 2.94. The van der Waals surface area contributed by atoms with Crippen molar-refractivity contribution < 1.29 is 9.59 Å². The van der Waals surface area contributed by atoms with Crippen molar-refractivity contribution in [1.82, 2.24) is 4.98 Å². The number of amides is 2. The van der Waals surface area contributed by atoms with Gasteiger partial charge >= 0.3 is 0 Å². The second-order valence-corrected chi connectivity index (χ2v) is 8.13. The summed E-state index contributed by atoms with van der Waals surface area (Å²) in [5.41, 5.74) is 2.38. The van der Waals surface area contributed by atoms with E-state index in [4.69, 9.17) is 0 Å². The molecule has 2 heterocycles. The van der Waals surface area contributed by atoms with Gasteiger partial charge in [-0.1, -0.05) is 0 Å². The molecule has 7 heteroatoms. The summed E-state index contributed by atoms with van der Waals surface area (Å²) in [5, 5.41) is 6.43. The largest absolute Gasteiger partial charge is 0.325 e. The van der Waals surface area contributed by atoms with Crippen LogP contribution < -0.4 is 10.6 Å². The van der Waals surface area contributed by atoms with Crippen molar-refractivity contribution in [2.24, 2.45) is 0 Å².